The van der Waals surface area contributed by atoms with E-state index in [1.165, 1.54) is 12.1 Å². The minimum Gasteiger partial charge on any atom is -0.496 e. The highest BCUT2D eigenvalue weighted by molar-refractivity contribution is 7.90. The Labute approximate surface area is 149 Å². The molecule has 1 aromatic rings. The van der Waals surface area contributed by atoms with Crippen molar-refractivity contribution in [3.8, 4) is 5.75 Å². The molecule has 0 spiro atoms. The van der Waals surface area contributed by atoms with Crippen molar-refractivity contribution < 1.29 is 17.5 Å². The van der Waals surface area contributed by atoms with Crippen LogP contribution in [0.5, 0.6) is 5.75 Å². The van der Waals surface area contributed by atoms with Crippen LogP contribution in [0.25, 0.3) is 0 Å². The van der Waals surface area contributed by atoms with E-state index in [1.54, 1.807) is 27.0 Å². The first-order chi connectivity index (χ1) is 11.8. The Morgan fingerprint density at radius 1 is 1.28 bits per heavy atom. The van der Waals surface area contributed by atoms with Crippen molar-refractivity contribution in [3.05, 3.63) is 29.6 Å². The molecule has 2 fully saturated rings. The van der Waals surface area contributed by atoms with Crippen molar-refractivity contribution in [1.29, 1.82) is 0 Å². The molecular weight excluding hydrogens is 343 g/mol. The molecule has 1 unspecified atom stereocenters. The Morgan fingerprint density at radius 2 is 1.92 bits per heavy atom. The van der Waals surface area contributed by atoms with Gasteiger partial charge in [-0.15, -0.1) is 0 Å². The van der Waals surface area contributed by atoms with E-state index in [1.807, 2.05) is 0 Å². The van der Waals surface area contributed by atoms with Crippen LogP contribution in [0, 0.1) is 17.7 Å². The monoisotopic (exact) mass is 370 g/mol. The zero-order valence-corrected chi connectivity index (χ0v) is 15.9. The number of sulfonamides is 1. The second kappa shape index (κ2) is 7.21. The first kappa shape index (κ1) is 18.6. The van der Waals surface area contributed by atoms with Crippen LogP contribution in [0.15, 0.2) is 18.2 Å². The molecule has 1 heterocycles. The number of hydrogen-bond acceptors (Lipinski definition) is 4. The van der Waals surface area contributed by atoms with Gasteiger partial charge in [0.05, 0.1) is 12.4 Å². The highest BCUT2D eigenvalue weighted by Crippen LogP contribution is 2.38. The molecule has 2 aliphatic rings. The smallest absolute Gasteiger partial charge is 0.214 e. The van der Waals surface area contributed by atoms with Crippen molar-refractivity contribution >= 4 is 10.0 Å². The molecule has 1 aliphatic carbocycles. The lowest BCUT2D eigenvalue weighted by atomic mass is 9.93. The third-order valence-electron chi connectivity index (χ3n) is 5.47. The molecule has 3 atom stereocenters. The minimum absolute atomic E-state index is 0.0405. The number of methoxy groups -OCH3 is 1. The molecule has 0 radical (unpaired) electrons. The lowest BCUT2D eigenvalue weighted by Gasteiger charge is -2.38. The third-order valence-corrected chi connectivity index (χ3v) is 7.32. The number of benzene rings is 1. The van der Waals surface area contributed by atoms with Gasteiger partial charge < -0.3 is 4.74 Å². The fourth-order valence-corrected chi connectivity index (χ4v) is 5.09. The van der Waals surface area contributed by atoms with Gasteiger partial charge in [-0.1, -0.05) is 6.07 Å². The predicted molar refractivity (Wildman–Crippen MR) is 95.4 cm³/mol. The van der Waals surface area contributed by atoms with Gasteiger partial charge >= 0.3 is 0 Å². The summed E-state index contributed by atoms with van der Waals surface area (Å²) < 4.78 is 46.1. The second-order valence-corrected chi connectivity index (χ2v) is 9.75. The van der Waals surface area contributed by atoms with E-state index in [9.17, 15) is 12.8 Å². The zero-order chi connectivity index (χ0) is 18.2. The molecule has 7 heteroatoms. The van der Waals surface area contributed by atoms with Crippen LogP contribution < -0.4 is 9.46 Å². The van der Waals surface area contributed by atoms with Crippen LogP contribution in [0.3, 0.4) is 0 Å². The Bertz CT molecular complexity index is 709. The first-order valence-electron chi connectivity index (χ1n) is 8.86. The lowest BCUT2D eigenvalue weighted by molar-refractivity contribution is 0.132. The fraction of sp³-hybridized carbons (Fsp3) is 0.667. The van der Waals surface area contributed by atoms with E-state index in [-0.39, 0.29) is 11.9 Å². The summed E-state index contributed by atoms with van der Waals surface area (Å²) in [5.74, 6) is 0.926. The van der Waals surface area contributed by atoms with Gasteiger partial charge in [-0.05, 0) is 44.6 Å². The summed E-state index contributed by atoms with van der Waals surface area (Å²) in [4.78, 5) is 2.33. The molecule has 1 aliphatic heterocycles. The molecule has 0 amide bonds. The number of fused-ring (bicyclic) bond motifs is 2. The van der Waals surface area contributed by atoms with Gasteiger partial charge in [0.1, 0.15) is 11.6 Å². The topological polar surface area (TPSA) is 58.6 Å². The second-order valence-electron chi connectivity index (χ2n) is 7.49. The number of nitrogens with one attached hydrogen (secondary N) is 1. The van der Waals surface area contributed by atoms with E-state index in [4.69, 9.17) is 4.74 Å². The van der Waals surface area contributed by atoms with Crippen molar-refractivity contribution in [2.75, 3.05) is 20.2 Å². The Morgan fingerprint density at radius 3 is 2.48 bits per heavy atom. The molecule has 2 bridgehead atoms. The van der Waals surface area contributed by atoms with Gasteiger partial charge in [0.2, 0.25) is 10.0 Å². The van der Waals surface area contributed by atoms with Crippen molar-refractivity contribution in [2.45, 2.75) is 44.5 Å². The van der Waals surface area contributed by atoms with E-state index in [0.717, 1.165) is 31.5 Å². The molecule has 1 aromatic carbocycles. The predicted octanol–water partition coefficient (Wildman–Crippen LogP) is 2.37. The first-order valence-corrected chi connectivity index (χ1v) is 10.4. The number of ether oxygens (including phenoxy) is 1. The highest BCUT2D eigenvalue weighted by atomic mass is 32.2. The van der Waals surface area contributed by atoms with Gasteiger partial charge in [-0.2, -0.15) is 0 Å². The highest BCUT2D eigenvalue weighted by Gasteiger charge is 2.43. The Hall–Kier alpha value is -1.18. The van der Waals surface area contributed by atoms with Gasteiger partial charge in [0, 0.05) is 37.3 Å². The molecule has 1 N–H and O–H groups in total. The normalized spacial score (nSPS) is 27.0. The minimum atomic E-state index is -3.25. The van der Waals surface area contributed by atoms with Crippen molar-refractivity contribution in [3.63, 3.8) is 0 Å². The third kappa shape index (κ3) is 3.99. The van der Waals surface area contributed by atoms with Crippen LogP contribution >= 0.6 is 0 Å². The summed E-state index contributed by atoms with van der Waals surface area (Å²) in [6, 6.07) is 4.67. The maximum Gasteiger partial charge on any atom is 0.214 e. The van der Waals surface area contributed by atoms with Gasteiger partial charge in [-0.25, -0.2) is 17.5 Å². The lowest BCUT2D eigenvalue weighted by Crippen LogP contribution is -2.53. The van der Waals surface area contributed by atoms with Crippen LogP contribution in [0.2, 0.25) is 0 Å². The van der Waals surface area contributed by atoms with Crippen LogP contribution in [0.4, 0.5) is 4.39 Å². The molecule has 1 saturated carbocycles. The Kier molecular flexibility index (Phi) is 5.37. The van der Waals surface area contributed by atoms with Crippen molar-refractivity contribution in [1.82, 2.24) is 9.62 Å². The van der Waals surface area contributed by atoms with Gasteiger partial charge in [0.15, 0.2) is 0 Å². The van der Waals surface area contributed by atoms with Gasteiger partial charge in [-0.3, -0.25) is 4.90 Å². The summed E-state index contributed by atoms with van der Waals surface area (Å²) in [5.41, 5.74) is 0.963. The van der Waals surface area contributed by atoms with Crippen LogP contribution in [-0.2, 0) is 16.6 Å². The van der Waals surface area contributed by atoms with E-state index in [2.05, 4.69) is 9.62 Å². The number of rotatable bonds is 6. The summed E-state index contributed by atoms with van der Waals surface area (Å²) in [5, 5.41) is -0.409. The van der Waals surface area contributed by atoms with Crippen LogP contribution in [-0.4, -0.2) is 44.8 Å². The number of hydrogen-bond donors (Lipinski definition) is 1. The largest absolute Gasteiger partial charge is 0.496 e. The molecule has 25 heavy (non-hydrogen) atoms. The van der Waals surface area contributed by atoms with Crippen LogP contribution in [0.1, 0.15) is 32.3 Å². The van der Waals surface area contributed by atoms with E-state index < -0.39 is 15.3 Å². The number of likely N-dealkylation sites (tertiary alicyclic amines) is 1. The summed E-state index contributed by atoms with van der Waals surface area (Å²) in [7, 11) is -1.70. The Balaban J connectivity index is 1.68. The molecule has 1 saturated heterocycles. The molecule has 5 nitrogen and oxygen atoms in total. The fourth-order valence-electron chi connectivity index (χ4n) is 4.06. The standard InChI is InChI=1S/C18H27FN2O3S/c1-12(2)25(22,23)20-18-14-4-5-15(18)11-21(10-14)9-13-6-7-16(19)8-17(13)24-3/h6-8,12,14-15,18,20H,4-5,9-11H2,1-3H3/t14-,15+,18?. The van der Waals surface area contributed by atoms with E-state index >= 15 is 0 Å². The maximum atomic E-state index is 13.4. The number of piperidine rings is 1. The SMILES string of the molecule is COc1cc(F)ccc1CN1C[C@H]2CC[C@@H](C1)C2NS(=O)(=O)C(C)C. The summed E-state index contributed by atoms with van der Waals surface area (Å²) in [6.45, 7) is 5.81. The molecule has 3 rings (SSSR count). The quantitative estimate of drug-likeness (QED) is 0.835. The molecular formula is C18H27FN2O3S. The average Bonchev–Trinajstić information content (AvgIpc) is 2.78. The van der Waals surface area contributed by atoms with Gasteiger partial charge in [0.25, 0.3) is 0 Å². The van der Waals surface area contributed by atoms with Crippen molar-refractivity contribution in [2.24, 2.45) is 11.8 Å². The number of halogens is 1. The van der Waals surface area contributed by atoms with E-state index in [0.29, 0.717) is 24.1 Å². The summed E-state index contributed by atoms with van der Waals surface area (Å²) >= 11 is 0. The average molecular weight is 370 g/mol. The maximum absolute atomic E-state index is 13.4. The number of nitrogens with zero attached hydrogens (tertiary/aromatic N) is 1. The molecule has 0 aromatic heterocycles. The molecule has 140 valence electrons. The zero-order valence-electron chi connectivity index (χ0n) is 15.0. The summed E-state index contributed by atoms with van der Waals surface area (Å²) in [6.07, 6.45) is 2.10.